The summed E-state index contributed by atoms with van der Waals surface area (Å²) in [7, 11) is 2.19. The molecule has 1 atom stereocenters. The summed E-state index contributed by atoms with van der Waals surface area (Å²) in [4.78, 5) is 2.37. The molecule has 3 heteroatoms. The van der Waals surface area contributed by atoms with Crippen molar-refractivity contribution in [2.24, 2.45) is 0 Å². The van der Waals surface area contributed by atoms with Crippen molar-refractivity contribution in [2.45, 2.75) is 32.2 Å². The summed E-state index contributed by atoms with van der Waals surface area (Å²) in [5.74, 6) is 0.565. The highest BCUT2D eigenvalue weighted by Crippen LogP contribution is 2.26. The highest BCUT2D eigenvalue weighted by atomic mass is 16.5. The average molecular weight is 262 g/mol. The van der Waals surface area contributed by atoms with Gasteiger partial charge in [0.15, 0.2) is 0 Å². The molecule has 0 amide bonds. The number of nitrogens with zero attached hydrogens (tertiary/aromatic N) is 1. The maximum absolute atomic E-state index is 5.50. The maximum Gasteiger partial charge on any atom is 0.0620 e. The van der Waals surface area contributed by atoms with Crippen molar-refractivity contribution in [1.29, 1.82) is 0 Å². The maximum atomic E-state index is 5.50. The average Bonchev–Trinajstić information content (AvgIpc) is 2.46. The predicted molar refractivity (Wildman–Crippen MR) is 81.0 cm³/mol. The third-order valence-corrected chi connectivity index (χ3v) is 3.78. The third kappa shape index (κ3) is 3.95. The van der Waals surface area contributed by atoms with Crippen LogP contribution in [0.2, 0.25) is 0 Å². The number of ether oxygens (including phenoxy) is 1. The molecule has 0 bridgehead atoms. The van der Waals surface area contributed by atoms with Gasteiger partial charge in [-0.05, 0) is 24.0 Å². The molecule has 1 fully saturated rings. The first-order chi connectivity index (χ1) is 9.18. The Balaban J connectivity index is 1.93. The zero-order chi connectivity index (χ0) is 13.7. The minimum atomic E-state index is 0.502. The molecule has 1 aliphatic rings. The molecule has 19 heavy (non-hydrogen) atoms. The standard InChI is InChI=1S/C16H26N2O/c1-13(2)15-6-4-5-7-16(15)18(3)10-8-14-12-19-11-9-17-14/h4-7,13-14,17H,8-12H2,1-3H3. The lowest BCUT2D eigenvalue weighted by atomic mass is 10.0. The van der Waals surface area contributed by atoms with Crippen LogP contribution in [0, 0.1) is 0 Å². The topological polar surface area (TPSA) is 24.5 Å². The van der Waals surface area contributed by atoms with Crippen molar-refractivity contribution in [3.05, 3.63) is 29.8 Å². The van der Waals surface area contributed by atoms with Crippen molar-refractivity contribution in [2.75, 3.05) is 38.3 Å². The minimum Gasteiger partial charge on any atom is -0.379 e. The number of benzene rings is 1. The molecular formula is C16H26N2O. The van der Waals surface area contributed by atoms with Gasteiger partial charge >= 0.3 is 0 Å². The van der Waals surface area contributed by atoms with E-state index in [1.54, 1.807) is 0 Å². The molecule has 1 saturated heterocycles. The molecular weight excluding hydrogens is 236 g/mol. The summed E-state index contributed by atoms with van der Waals surface area (Å²) < 4.78 is 5.50. The van der Waals surface area contributed by atoms with E-state index in [0.29, 0.717) is 12.0 Å². The van der Waals surface area contributed by atoms with Crippen LogP contribution in [0.15, 0.2) is 24.3 Å². The molecule has 1 N–H and O–H groups in total. The fourth-order valence-corrected chi connectivity index (χ4v) is 2.60. The van der Waals surface area contributed by atoms with Gasteiger partial charge in [-0.1, -0.05) is 32.0 Å². The summed E-state index contributed by atoms with van der Waals surface area (Å²) >= 11 is 0. The lowest BCUT2D eigenvalue weighted by Gasteiger charge is -2.28. The van der Waals surface area contributed by atoms with Crippen LogP contribution in [-0.2, 0) is 4.74 Å². The molecule has 1 aliphatic heterocycles. The molecule has 1 aromatic carbocycles. The van der Waals surface area contributed by atoms with Crippen molar-refractivity contribution < 1.29 is 4.74 Å². The summed E-state index contributed by atoms with van der Waals surface area (Å²) in [5.41, 5.74) is 2.78. The molecule has 0 spiro atoms. The smallest absolute Gasteiger partial charge is 0.0620 e. The third-order valence-electron chi connectivity index (χ3n) is 3.78. The van der Waals surface area contributed by atoms with Crippen LogP contribution in [-0.4, -0.2) is 39.4 Å². The van der Waals surface area contributed by atoms with Crippen molar-refractivity contribution in [1.82, 2.24) is 5.32 Å². The Bertz CT molecular complexity index is 386. The number of rotatable bonds is 5. The van der Waals surface area contributed by atoms with Crippen LogP contribution in [0.3, 0.4) is 0 Å². The van der Waals surface area contributed by atoms with Crippen LogP contribution in [0.5, 0.6) is 0 Å². The van der Waals surface area contributed by atoms with Gasteiger partial charge in [-0.2, -0.15) is 0 Å². The molecule has 2 rings (SSSR count). The van der Waals surface area contributed by atoms with Crippen LogP contribution in [0.1, 0.15) is 31.7 Å². The van der Waals surface area contributed by atoms with Crippen LogP contribution in [0.4, 0.5) is 5.69 Å². The van der Waals surface area contributed by atoms with Gasteiger partial charge in [0.1, 0.15) is 0 Å². The highest BCUT2D eigenvalue weighted by molar-refractivity contribution is 5.54. The molecule has 1 heterocycles. The van der Waals surface area contributed by atoms with Crippen molar-refractivity contribution >= 4 is 5.69 Å². The van der Waals surface area contributed by atoms with Gasteiger partial charge in [-0.3, -0.25) is 0 Å². The second-order valence-electron chi connectivity index (χ2n) is 5.65. The molecule has 0 aliphatic carbocycles. The van der Waals surface area contributed by atoms with Crippen molar-refractivity contribution in [3.63, 3.8) is 0 Å². The van der Waals surface area contributed by atoms with Gasteiger partial charge in [0.2, 0.25) is 0 Å². The Morgan fingerprint density at radius 3 is 2.84 bits per heavy atom. The van der Waals surface area contributed by atoms with E-state index in [1.807, 2.05) is 0 Å². The van der Waals surface area contributed by atoms with Crippen molar-refractivity contribution in [3.8, 4) is 0 Å². The summed E-state index contributed by atoms with van der Waals surface area (Å²) in [5, 5.41) is 3.51. The van der Waals surface area contributed by atoms with E-state index in [-0.39, 0.29) is 0 Å². The molecule has 3 nitrogen and oxygen atoms in total. The Hall–Kier alpha value is -1.06. The summed E-state index contributed by atoms with van der Waals surface area (Å²) in [6.07, 6.45) is 1.13. The van der Waals surface area contributed by atoms with Crippen LogP contribution >= 0.6 is 0 Å². The minimum absolute atomic E-state index is 0.502. The Labute approximate surface area is 116 Å². The fraction of sp³-hybridized carbons (Fsp3) is 0.625. The van der Waals surface area contributed by atoms with Gasteiger partial charge in [0.05, 0.1) is 13.2 Å². The van der Waals surface area contributed by atoms with E-state index in [0.717, 1.165) is 32.7 Å². The Morgan fingerprint density at radius 1 is 1.37 bits per heavy atom. The number of nitrogens with one attached hydrogen (secondary N) is 1. The quantitative estimate of drug-likeness (QED) is 0.883. The van der Waals surface area contributed by atoms with E-state index in [9.17, 15) is 0 Å². The number of hydrogen-bond acceptors (Lipinski definition) is 3. The zero-order valence-corrected chi connectivity index (χ0v) is 12.4. The van der Waals surface area contributed by atoms with Crippen LogP contribution < -0.4 is 10.2 Å². The highest BCUT2D eigenvalue weighted by Gasteiger charge is 2.15. The van der Waals surface area contributed by atoms with E-state index in [2.05, 4.69) is 55.4 Å². The Morgan fingerprint density at radius 2 is 2.16 bits per heavy atom. The van der Waals surface area contributed by atoms with Crippen LogP contribution in [0.25, 0.3) is 0 Å². The van der Waals surface area contributed by atoms with E-state index < -0.39 is 0 Å². The molecule has 106 valence electrons. The molecule has 1 unspecified atom stereocenters. The first-order valence-corrected chi connectivity index (χ1v) is 7.29. The molecule has 0 radical (unpaired) electrons. The number of hydrogen-bond donors (Lipinski definition) is 1. The van der Waals surface area contributed by atoms with E-state index in [1.165, 1.54) is 11.3 Å². The molecule has 0 saturated carbocycles. The fourth-order valence-electron chi connectivity index (χ4n) is 2.60. The van der Waals surface area contributed by atoms with Gasteiger partial charge in [-0.15, -0.1) is 0 Å². The number of para-hydroxylation sites is 1. The predicted octanol–water partition coefficient (Wildman–Crippen LogP) is 2.62. The second kappa shape index (κ2) is 6.92. The largest absolute Gasteiger partial charge is 0.379 e. The van der Waals surface area contributed by atoms with E-state index >= 15 is 0 Å². The summed E-state index contributed by atoms with van der Waals surface area (Å²) in [6.45, 7) is 8.25. The van der Waals surface area contributed by atoms with E-state index in [4.69, 9.17) is 4.74 Å². The van der Waals surface area contributed by atoms with Gasteiger partial charge in [0, 0.05) is 31.9 Å². The van der Waals surface area contributed by atoms with Gasteiger partial charge in [-0.25, -0.2) is 0 Å². The Kier molecular flexibility index (Phi) is 5.23. The molecule has 0 aromatic heterocycles. The lowest BCUT2D eigenvalue weighted by molar-refractivity contribution is 0.0749. The monoisotopic (exact) mass is 262 g/mol. The first-order valence-electron chi connectivity index (χ1n) is 7.29. The molecule has 1 aromatic rings. The van der Waals surface area contributed by atoms with Gasteiger partial charge < -0.3 is 15.0 Å². The SMILES string of the molecule is CC(C)c1ccccc1N(C)CCC1COCCN1. The summed E-state index contributed by atoms with van der Waals surface area (Å²) in [6, 6.07) is 9.21. The first kappa shape index (κ1) is 14.4. The lowest BCUT2D eigenvalue weighted by Crippen LogP contribution is -2.43. The van der Waals surface area contributed by atoms with Gasteiger partial charge in [0.25, 0.3) is 0 Å². The second-order valence-corrected chi connectivity index (χ2v) is 5.65. The zero-order valence-electron chi connectivity index (χ0n) is 12.4. The normalized spacial score (nSPS) is 19.7. The number of anilines is 1. The number of morpholine rings is 1.